The Balaban J connectivity index is 2.34. The molecule has 2 atom stereocenters. The number of hydrogen-bond acceptors (Lipinski definition) is 2. The van der Waals surface area contributed by atoms with Crippen molar-refractivity contribution in [2.24, 2.45) is 5.92 Å². The highest BCUT2D eigenvalue weighted by molar-refractivity contribution is 5.91. The van der Waals surface area contributed by atoms with E-state index < -0.39 is 17.8 Å². The first-order chi connectivity index (χ1) is 7.70. The van der Waals surface area contributed by atoms with Gasteiger partial charge in [0.05, 0.1) is 11.8 Å². The molecule has 0 heterocycles. The Kier molecular flexibility index (Phi) is 3.04. The number of carboxylic acid groups (broad SMARTS) is 1. The number of rotatable bonds is 2. The minimum absolute atomic E-state index is 0.0600. The molecule has 1 saturated carbocycles. The van der Waals surface area contributed by atoms with Crippen molar-refractivity contribution in [1.29, 1.82) is 0 Å². The molecule has 1 aliphatic rings. The summed E-state index contributed by atoms with van der Waals surface area (Å²) in [5.41, 5.74) is 0.833. The molecule has 1 aromatic rings. The fourth-order valence-corrected chi connectivity index (χ4v) is 2.39. The average Bonchev–Trinajstić information content (AvgIpc) is 2.29. The summed E-state index contributed by atoms with van der Waals surface area (Å²) in [7, 11) is 0. The minimum Gasteiger partial charge on any atom is -0.481 e. The van der Waals surface area contributed by atoms with Crippen molar-refractivity contribution in [3.05, 3.63) is 35.9 Å². The number of ketones is 1. The van der Waals surface area contributed by atoms with Crippen LogP contribution in [0, 0.1) is 5.92 Å². The molecule has 2 rings (SSSR count). The molecule has 0 radical (unpaired) electrons. The summed E-state index contributed by atoms with van der Waals surface area (Å²) in [5.74, 6) is -1.80. The van der Waals surface area contributed by atoms with Crippen LogP contribution in [0.1, 0.15) is 30.7 Å². The highest BCUT2D eigenvalue weighted by Crippen LogP contribution is 2.35. The molecular formula is C13H14O3. The lowest BCUT2D eigenvalue weighted by atomic mass is 9.74. The summed E-state index contributed by atoms with van der Waals surface area (Å²) in [6.07, 6.45) is 1.79. The maximum absolute atomic E-state index is 11.8. The first-order valence-electron chi connectivity index (χ1n) is 5.50. The molecule has 0 bridgehead atoms. The van der Waals surface area contributed by atoms with E-state index in [1.165, 1.54) is 0 Å². The van der Waals surface area contributed by atoms with Gasteiger partial charge in [-0.15, -0.1) is 0 Å². The molecule has 0 spiro atoms. The second-order valence-electron chi connectivity index (χ2n) is 4.19. The Labute approximate surface area is 94.1 Å². The highest BCUT2D eigenvalue weighted by Gasteiger charge is 2.37. The van der Waals surface area contributed by atoms with Gasteiger partial charge in [0.2, 0.25) is 0 Å². The van der Waals surface area contributed by atoms with Crippen molar-refractivity contribution in [3.63, 3.8) is 0 Å². The number of carbonyl (C=O) groups is 2. The lowest BCUT2D eigenvalue weighted by Crippen LogP contribution is -2.31. The van der Waals surface area contributed by atoms with E-state index in [0.717, 1.165) is 5.56 Å². The quantitative estimate of drug-likeness (QED) is 0.828. The number of hydrogen-bond donors (Lipinski definition) is 1. The van der Waals surface area contributed by atoms with Crippen molar-refractivity contribution in [1.82, 2.24) is 0 Å². The number of carboxylic acids is 1. The summed E-state index contributed by atoms with van der Waals surface area (Å²) in [4.78, 5) is 23.0. The molecule has 1 fully saturated rings. The monoisotopic (exact) mass is 218 g/mol. The van der Waals surface area contributed by atoms with Crippen LogP contribution in [-0.4, -0.2) is 16.9 Å². The van der Waals surface area contributed by atoms with Crippen LogP contribution in [-0.2, 0) is 9.59 Å². The molecule has 0 saturated heterocycles. The normalized spacial score (nSPS) is 25.4. The molecular weight excluding hydrogens is 204 g/mol. The summed E-state index contributed by atoms with van der Waals surface area (Å²) < 4.78 is 0. The molecule has 0 aromatic heterocycles. The van der Waals surface area contributed by atoms with E-state index in [2.05, 4.69) is 0 Å². The Morgan fingerprint density at radius 1 is 1.25 bits per heavy atom. The van der Waals surface area contributed by atoms with Gasteiger partial charge in [0.25, 0.3) is 0 Å². The van der Waals surface area contributed by atoms with Gasteiger partial charge in [0, 0.05) is 6.42 Å². The van der Waals surface area contributed by atoms with Crippen molar-refractivity contribution in [3.8, 4) is 0 Å². The highest BCUT2D eigenvalue weighted by atomic mass is 16.4. The van der Waals surface area contributed by atoms with Crippen molar-refractivity contribution in [2.45, 2.75) is 25.2 Å². The van der Waals surface area contributed by atoms with Crippen molar-refractivity contribution >= 4 is 11.8 Å². The lowest BCUT2D eigenvalue weighted by Gasteiger charge is -2.27. The molecule has 1 N–H and O–H groups in total. The van der Waals surface area contributed by atoms with E-state index >= 15 is 0 Å². The number of benzene rings is 1. The van der Waals surface area contributed by atoms with Crippen LogP contribution in [0.3, 0.4) is 0 Å². The summed E-state index contributed by atoms with van der Waals surface area (Å²) in [6.45, 7) is 0. The molecule has 1 aliphatic carbocycles. The third kappa shape index (κ3) is 1.98. The zero-order chi connectivity index (χ0) is 11.5. The van der Waals surface area contributed by atoms with Gasteiger partial charge in [0.15, 0.2) is 0 Å². The van der Waals surface area contributed by atoms with Gasteiger partial charge < -0.3 is 5.11 Å². The lowest BCUT2D eigenvalue weighted by molar-refractivity contribution is -0.146. The summed E-state index contributed by atoms with van der Waals surface area (Å²) >= 11 is 0. The molecule has 2 unspecified atom stereocenters. The first-order valence-corrected chi connectivity index (χ1v) is 5.50. The summed E-state index contributed by atoms with van der Waals surface area (Å²) in [6, 6.07) is 9.23. The van der Waals surface area contributed by atoms with Crippen molar-refractivity contribution < 1.29 is 14.7 Å². The molecule has 1 aromatic carbocycles. The molecule has 16 heavy (non-hydrogen) atoms. The minimum atomic E-state index is -0.859. The Bertz CT molecular complexity index is 397. The predicted molar refractivity (Wildman–Crippen MR) is 59.2 cm³/mol. The third-order valence-corrected chi connectivity index (χ3v) is 3.16. The predicted octanol–water partition coefficient (Wildman–Crippen LogP) is 2.22. The zero-order valence-corrected chi connectivity index (χ0v) is 8.93. The maximum atomic E-state index is 11.8. The zero-order valence-electron chi connectivity index (χ0n) is 8.93. The van der Waals surface area contributed by atoms with Gasteiger partial charge in [-0.3, -0.25) is 9.59 Å². The fourth-order valence-electron chi connectivity index (χ4n) is 2.39. The van der Waals surface area contributed by atoms with Gasteiger partial charge in [-0.25, -0.2) is 0 Å². The molecule has 0 aliphatic heterocycles. The van der Waals surface area contributed by atoms with Gasteiger partial charge in [-0.05, 0) is 18.4 Å². The van der Waals surface area contributed by atoms with Crippen LogP contribution in [0.25, 0.3) is 0 Å². The molecule has 84 valence electrons. The molecule has 0 amide bonds. The van der Waals surface area contributed by atoms with E-state index in [-0.39, 0.29) is 5.78 Å². The average molecular weight is 218 g/mol. The molecule has 3 nitrogen and oxygen atoms in total. The fraction of sp³-hybridized carbons (Fsp3) is 0.385. The topological polar surface area (TPSA) is 54.4 Å². The Hall–Kier alpha value is -1.64. The first kappa shape index (κ1) is 10.9. The second-order valence-corrected chi connectivity index (χ2v) is 4.19. The van der Waals surface area contributed by atoms with Gasteiger partial charge in [-0.1, -0.05) is 30.3 Å². The molecule has 3 heteroatoms. The maximum Gasteiger partial charge on any atom is 0.307 e. The van der Waals surface area contributed by atoms with E-state index in [1.54, 1.807) is 0 Å². The Morgan fingerprint density at radius 3 is 2.56 bits per heavy atom. The van der Waals surface area contributed by atoms with E-state index in [9.17, 15) is 9.59 Å². The number of carbonyl (C=O) groups excluding carboxylic acids is 1. The Morgan fingerprint density at radius 2 is 1.94 bits per heavy atom. The van der Waals surface area contributed by atoms with Crippen LogP contribution >= 0.6 is 0 Å². The van der Waals surface area contributed by atoms with E-state index in [4.69, 9.17) is 5.11 Å². The smallest absolute Gasteiger partial charge is 0.307 e. The number of Topliss-reactive ketones (excluding diaryl/α,β-unsaturated/α-hetero) is 1. The van der Waals surface area contributed by atoms with E-state index in [1.807, 2.05) is 30.3 Å². The van der Waals surface area contributed by atoms with Crippen LogP contribution < -0.4 is 0 Å². The van der Waals surface area contributed by atoms with Gasteiger partial charge >= 0.3 is 5.97 Å². The van der Waals surface area contributed by atoms with E-state index in [0.29, 0.717) is 19.3 Å². The van der Waals surface area contributed by atoms with Crippen LogP contribution in [0.15, 0.2) is 30.3 Å². The number of aliphatic carboxylic acids is 1. The largest absolute Gasteiger partial charge is 0.481 e. The van der Waals surface area contributed by atoms with Crippen molar-refractivity contribution in [2.75, 3.05) is 0 Å². The standard InChI is InChI=1S/C13H14O3/c14-11-8-4-7-10(13(15)16)12(11)9-5-2-1-3-6-9/h1-3,5-6,10,12H,4,7-8H2,(H,15,16). The second kappa shape index (κ2) is 4.47. The van der Waals surface area contributed by atoms with Crippen LogP contribution in [0.5, 0.6) is 0 Å². The summed E-state index contributed by atoms with van der Waals surface area (Å²) in [5, 5.41) is 9.14. The third-order valence-electron chi connectivity index (χ3n) is 3.16. The SMILES string of the molecule is O=C(O)C1CCCC(=O)C1c1ccccc1. The van der Waals surface area contributed by atoms with Crippen LogP contribution in [0.4, 0.5) is 0 Å². The van der Waals surface area contributed by atoms with Gasteiger partial charge in [0.1, 0.15) is 5.78 Å². The van der Waals surface area contributed by atoms with Gasteiger partial charge in [-0.2, -0.15) is 0 Å². The van der Waals surface area contributed by atoms with Crippen LogP contribution in [0.2, 0.25) is 0 Å².